The normalized spacial score (nSPS) is 11.5. The number of carbonyl (C=O) groups is 3. The summed E-state index contributed by atoms with van der Waals surface area (Å²) >= 11 is 0. The second-order valence-corrected chi connectivity index (χ2v) is 8.55. The number of alkyl carbamates (subject to hydrolysis) is 1. The molecule has 3 N–H and O–H groups in total. The number of amides is 3. The summed E-state index contributed by atoms with van der Waals surface area (Å²) in [6.07, 6.45) is 4.67. The monoisotopic (exact) mass is 481 g/mol. The molecule has 0 saturated carbocycles. The zero-order chi connectivity index (χ0) is 26.0. The van der Waals surface area contributed by atoms with Crippen LogP contribution >= 0.6 is 0 Å². The molecule has 0 saturated heterocycles. The number of carbonyl (C=O) groups excluding carboxylic acids is 3. The Morgan fingerprint density at radius 2 is 1.71 bits per heavy atom. The van der Waals surface area contributed by atoms with E-state index in [1.165, 1.54) is 12.0 Å². The first kappa shape index (κ1) is 27.2. The number of hydrogen-bond acceptors (Lipinski definition) is 6. The third kappa shape index (κ3) is 8.36. The van der Waals surface area contributed by atoms with Crippen LogP contribution in [0, 0.1) is 12.3 Å². The van der Waals surface area contributed by atoms with E-state index in [0.29, 0.717) is 22.6 Å². The van der Waals surface area contributed by atoms with Gasteiger partial charge in [-0.1, -0.05) is 18.1 Å². The first-order valence-electron chi connectivity index (χ1n) is 11.0. The Bertz CT molecular complexity index is 1050. The van der Waals surface area contributed by atoms with Gasteiger partial charge in [-0.15, -0.1) is 6.42 Å². The molecule has 0 fully saturated rings. The van der Waals surface area contributed by atoms with Crippen LogP contribution in [0.15, 0.2) is 48.5 Å². The third-order valence-electron chi connectivity index (χ3n) is 4.75. The Hall–Kier alpha value is -4.03. The second kappa shape index (κ2) is 12.4. The molecule has 0 aliphatic heterocycles. The number of aliphatic hydroxyl groups excluding tert-OH is 1. The quantitative estimate of drug-likeness (QED) is 0.474. The second-order valence-electron chi connectivity index (χ2n) is 8.55. The van der Waals surface area contributed by atoms with Gasteiger partial charge in [-0.25, -0.2) is 4.79 Å². The predicted octanol–water partition coefficient (Wildman–Crippen LogP) is 2.70. The Morgan fingerprint density at radius 1 is 1.09 bits per heavy atom. The van der Waals surface area contributed by atoms with Crippen LogP contribution in [0.25, 0.3) is 0 Å². The van der Waals surface area contributed by atoms with Crippen molar-refractivity contribution in [1.29, 1.82) is 0 Å². The maximum absolute atomic E-state index is 13.4. The van der Waals surface area contributed by atoms with Crippen molar-refractivity contribution in [2.45, 2.75) is 32.4 Å². The van der Waals surface area contributed by atoms with Gasteiger partial charge in [0.2, 0.25) is 5.91 Å². The topological polar surface area (TPSA) is 117 Å². The molecule has 35 heavy (non-hydrogen) atoms. The first-order valence-corrected chi connectivity index (χ1v) is 11.0. The number of aliphatic hydroxyl groups is 1. The molecule has 0 aromatic heterocycles. The molecule has 9 heteroatoms. The number of rotatable bonds is 9. The number of ether oxygens (including phenoxy) is 2. The van der Waals surface area contributed by atoms with Crippen LogP contribution in [0.5, 0.6) is 5.75 Å². The van der Waals surface area contributed by atoms with Crippen LogP contribution in [0.3, 0.4) is 0 Å². The first-order chi connectivity index (χ1) is 16.6. The Balaban J connectivity index is 2.32. The van der Waals surface area contributed by atoms with Gasteiger partial charge in [0, 0.05) is 17.8 Å². The van der Waals surface area contributed by atoms with Crippen molar-refractivity contribution < 1.29 is 29.0 Å². The van der Waals surface area contributed by atoms with Gasteiger partial charge < -0.3 is 30.1 Å². The minimum Gasteiger partial charge on any atom is -0.497 e. The molecule has 2 rings (SSSR count). The third-order valence-corrected chi connectivity index (χ3v) is 4.75. The predicted molar refractivity (Wildman–Crippen MR) is 132 cm³/mol. The van der Waals surface area contributed by atoms with E-state index in [0.717, 1.165) is 0 Å². The van der Waals surface area contributed by atoms with Gasteiger partial charge in [-0.3, -0.25) is 9.59 Å². The Morgan fingerprint density at radius 3 is 2.23 bits per heavy atom. The number of methoxy groups -OCH3 is 1. The SMILES string of the molecule is C#Cc1ccc(C(C(=O)Nc2ccc(OC)cc2)N(CCO)C(=O)CNC(=O)OC(C)(C)C)cc1. The molecule has 0 spiro atoms. The molecule has 2 aromatic rings. The zero-order valence-corrected chi connectivity index (χ0v) is 20.3. The molecule has 0 aliphatic carbocycles. The number of terminal acetylenes is 1. The highest BCUT2D eigenvalue weighted by Gasteiger charge is 2.31. The summed E-state index contributed by atoms with van der Waals surface area (Å²) in [5, 5.41) is 14.8. The summed E-state index contributed by atoms with van der Waals surface area (Å²) in [6, 6.07) is 12.2. The molecule has 1 atom stereocenters. The van der Waals surface area contributed by atoms with E-state index >= 15 is 0 Å². The Kier molecular flexibility index (Phi) is 9.67. The summed E-state index contributed by atoms with van der Waals surface area (Å²) in [5.41, 5.74) is 0.838. The smallest absolute Gasteiger partial charge is 0.408 e. The summed E-state index contributed by atoms with van der Waals surface area (Å²) < 4.78 is 10.3. The average molecular weight is 482 g/mol. The lowest BCUT2D eigenvalue weighted by molar-refractivity contribution is -0.138. The number of anilines is 1. The lowest BCUT2D eigenvalue weighted by Gasteiger charge is -2.31. The summed E-state index contributed by atoms with van der Waals surface area (Å²) in [6.45, 7) is 4.13. The van der Waals surface area contributed by atoms with E-state index in [1.54, 1.807) is 69.3 Å². The minimum absolute atomic E-state index is 0.146. The highest BCUT2D eigenvalue weighted by Crippen LogP contribution is 2.25. The molecular formula is C26H31N3O6. The molecule has 0 bridgehead atoms. The van der Waals surface area contributed by atoms with Gasteiger partial charge >= 0.3 is 6.09 Å². The van der Waals surface area contributed by atoms with Crippen LogP contribution in [-0.4, -0.2) is 60.3 Å². The molecule has 3 amide bonds. The van der Waals surface area contributed by atoms with Crippen molar-refractivity contribution >= 4 is 23.6 Å². The highest BCUT2D eigenvalue weighted by molar-refractivity contribution is 5.98. The van der Waals surface area contributed by atoms with E-state index in [9.17, 15) is 19.5 Å². The van der Waals surface area contributed by atoms with Gasteiger partial charge in [0.25, 0.3) is 5.91 Å². The van der Waals surface area contributed by atoms with Crippen molar-refractivity contribution in [2.75, 3.05) is 32.1 Å². The highest BCUT2D eigenvalue weighted by atomic mass is 16.6. The fraction of sp³-hybridized carbons (Fsp3) is 0.346. The van der Waals surface area contributed by atoms with Crippen molar-refractivity contribution in [3.8, 4) is 18.1 Å². The molecule has 1 unspecified atom stereocenters. The van der Waals surface area contributed by atoms with Gasteiger partial charge in [-0.05, 0) is 62.7 Å². The van der Waals surface area contributed by atoms with Gasteiger partial charge in [0.1, 0.15) is 23.9 Å². The van der Waals surface area contributed by atoms with Crippen LogP contribution in [0.2, 0.25) is 0 Å². The van der Waals surface area contributed by atoms with E-state index in [1.807, 2.05) is 0 Å². The summed E-state index contributed by atoms with van der Waals surface area (Å²) in [7, 11) is 1.53. The van der Waals surface area contributed by atoms with Crippen molar-refractivity contribution in [3.05, 3.63) is 59.7 Å². The molecular weight excluding hydrogens is 450 g/mol. The average Bonchev–Trinajstić information content (AvgIpc) is 2.82. The van der Waals surface area contributed by atoms with Gasteiger partial charge in [-0.2, -0.15) is 0 Å². The van der Waals surface area contributed by atoms with E-state index in [-0.39, 0.29) is 6.54 Å². The number of hydrogen-bond donors (Lipinski definition) is 3. The van der Waals surface area contributed by atoms with Gasteiger partial charge in [0.15, 0.2) is 0 Å². The number of nitrogens with one attached hydrogen (secondary N) is 2. The summed E-state index contributed by atoms with van der Waals surface area (Å²) in [4.78, 5) is 39.7. The van der Waals surface area contributed by atoms with E-state index in [2.05, 4.69) is 16.6 Å². The molecule has 0 heterocycles. The standard InChI is InChI=1S/C26H31N3O6/c1-6-18-7-9-19(10-8-18)23(24(32)28-20-11-13-21(34-5)14-12-20)29(15-16-30)22(31)17-27-25(33)35-26(2,3)4/h1,7-14,23,30H,15-17H2,2-5H3,(H,27,33)(H,28,32). The van der Waals surface area contributed by atoms with Crippen molar-refractivity contribution in [2.24, 2.45) is 0 Å². The largest absolute Gasteiger partial charge is 0.497 e. The fourth-order valence-corrected chi connectivity index (χ4v) is 3.19. The number of nitrogens with zero attached hydrogens (tertiary/aromatic N) is 1. The molecule has 9 nitrogen and oxygen atoms in total. The fourth-order valence-electron chi connectivity index (χ4n) is 3.19. The van der Waals surface area contributed by atoms with Crippen LogP contribution in [-0.2, 0) is 14.3 Å². The maximum Gasteiger partial charge on any atom is 0.408 e. The zero-order valence-electron chi connectivity index (χ0n) is 20.3. The molecule has 0 aliphatic rings. The number of benzene rings is 2. The van der Waals surface area contributed by atoms with Crippen LogP contribution < -0.4 is 15.4 Å². The maximum atomic E-state index is 13.4. The summed E-state index contributed by atoms with van der Waals surface area (Å²) in [5.74, 6) is 2.03. The van der Waals surface area contributed by atoms with Crippen LogP contribution in [0.1, 0.15) is 37.9 Å². The Labute approximate surface area is 205 Å². The molecule has 186 valence electrons. The lowest BCUT2D eigenvalue weighted by atomic mass is 10.0. The lowest BCUT2D eigenvalue weighted by Crippen LogP contribution is -2.47. The van der Waals surface area contributed by atoms with E-state index in [4.69, 9.17) is 15.9 Å². The minimum atomic E-state index is -1.11. The van der Waals surface area contributed by atoms with Crippen LogP contribution in [0.4, 0.5) is 10.5 Å². The molecule has 0 radical (unpaired) electrons. The van der Waals surface area contributed by atoms with Crippen molar-refractivity contribution in [3.63, 3.8) is 0 Å². The molecule has 2 aromatic carbocycles. The van der Waals surface area contributed by atoms with Gasteiger partial charge in [0.05, 0.1) is 13.7 Å². The van der Waals surface area contributed by atoms with Crippen molar-refractivity contribution in [1.82, 2.24) is 10.2 Å². The van der Waals surface area contributed by atoms with E-state index < -0.39 is 42.7 Å².